The molecule has 0 saturated carbocycles. The van der Waals surface area contributed by atoms with Crippen molar-refractivity contribution in [2.45, 2.75) is 20.3 Å². The van der Waals surface area contributed by atoms with Crippen molar-refractivity contribution >= 4 is 5.52 Å². The van der Waals surface area contributed by atoms with E-state index in [4.69, 9.17) is 0 Å². The van der Waals surface area contributed by atoms with Crippen molar-refractivity contribution in [1.82, 2.24) is 4.40 Å². The smallest absolute Gasteiger partial charge is 0.0450 e. The molecule has 2 aromatic heterocycles. The summed E-state index contributed by atoms with van der Waals surface area (Å²) in [4.78, 5) is 0. The van der Waals surface area contributed by atoms with Crippen molar-refractivity contribution in [3.05, 3.63) is 42.2 Å². The summed E-state index contributed by atoms with van der Waals surface area (Å²) in [5, 5.41) is 0. The van der Waals surface area contributed by atoms with E-state index in [2.05, 4.69) is 54.9 Å². The quantitative estimate of drug-likeness (QED) is 0.657. The van der Waals surface area contributed by atoms with Crippen molar-refractivity contribution in [3.63, 3.8) is 0 Å². The fourth-order valence-corrected chi connectivity index (χ4v) is 1.67. The highest BCUT2D eigenvalue weighted by Gasteiger charge is 1.98. The molecule has 0 unspecified atom stereocenters. The van der Waals surface area contributed by atoms with Gasteiger partial charge in [0.25, 0.3) is 0 Å². The maximum atomic E-state index is 2.25. The Morgan fingerprint density at radius 3 is 2.85 bits per heavy atom. The molecule has 0 N–H and O–H groups in total. The van der Waals surface area contributed by atoms with Gasteiger partial charge in [0.2, 0.25) is 0 Å². The van der Waals surface area contributed by atoms with Crippen molar-refractivity contribution in [3.8, 4) is 0 Å². The fourth-order valence-electron chi connectivity index (χ4n) is 1.67. The highest BCUT2D eigenvalue weighted by atomic mass is 14.8. The Balaban J connectivity index is 2.37. The molecule has 13 heavy (non-hydrogen) atoms. The van der Waals surface area contributed by atoms with Gasteiger partial charge in [0, 0.05) is 17.9 Å². The molecule has 0 bridgehead atoms. The summed E-state index contributed by atoms with van der Waals surface area (Å²) in [7, 11) is 0. The summed E-state index contributed by atoms with van der Waals surface area (Å²) in [6.07, 6.45) is 5.47. The Labute approximate surface area is 79.0 Å². The van der Waals surface area contributed by atoms with Crippen LogP contribution in [0.5, 0.6) is 0 Å². The molecule has 0 aliphatic heterocycles. The SMILES string of the molecule is CC(C)Cc1ccc2cccn2c1. The average molecular weight is 173 g/mol. The van der Waals surface area contributed by atoms with Crippen LogP contribution in [0.1, 0.15) is 19.4 Å². The van der Waals surface area contributed by atoms with Gasteiger partial charge in [-0.3, -0.25) is 0 Å². The molecule has 2 aromatic rings. The monoisotopic (exact) mass is 173 g/mol. The fraction of sp³-hybridized carbons (Fsp3) is 0.333. The van der Waals surface area contributed by atoms with E-state index >= 15 is 0 Å². The highest BCUT2D eigenvalue weighted by molar-refractivity contribution is 5.48. The van der Waals surface area contributed by atoms with Gasteiger partial charge >= 0.3 is 0 Å². The zero-order valence-electron chi connectivity index (χ0n) is 8.20. The summed E-state index contributed by atoms with van der Waals surface area (Å²) in [5.41, 5.74) is 2.69. The molecule has 68 valence electrons. The van der Waals surface area contributed by atoms with Crippen LogP contribution < -0.4 is 0 Å². The van der Waals surface area contributed by atoms with Crippen LogP contribution in [-0.2, 0) is 6.42 Å². The third-order valence-corrected chi connectivity index (χ3v) is 2.23. The first-order chi connectivity index (χ1) is 6.25. The molecule has 1 heteroatoms. The Bertz CT molecular complexity index is 398. The van der Waals surface area contributed by atoms with Gasteiger partial charge in [0.1, 0.15) is 0 Å². The molecule has 0 atom stereocenters. The second-order valence-electron chi connectivity index (χ2n) is 3.98. The van der Waals surface area contributed by atoms with Gasteiger partial charge in [0.05, 0.1) is 0 Å². The van der Waals surface area contributed by atoms with E-state index in [9.17, 15) is 0 Å². The van der Waals surface area contributed by atoms with E-state index in [-0.39, 0.29) is 0 Å². The van der Waals surface area contributed by atoms with Crippen LogP contribution in [0.2, 0.25) is 0 Å². The van der Waals surface area contributed by atoms with E-state index < -0.39 is 0 Å². The third-order valence-electron chi connectivity index (χ3n) is 2.23. The van der Waals surface area contributed by atoms with Gasteiger partial charge in [0.15, 0.2) is 0 Å². The lowest BCUT2D eigenvalue weighted by molar-refractivity contribution is 0.645. The average Bonchev–Trinajstić information content (AvgIpc) is 2.49. The van der Waals surface area contributed by atoms with Crippen LogP contribution in [0.15, 0.2) is 36.7 Å². The minimum Gasteiger partial charge on any atom is -0.324 e. The molecule has 0 saturated heterocycles. The Hall–Kier alpha value is -1.24. The molecule has 0 aliphatic carbocycles. The Morgan fingerprint density at radius 1 is 1.23 bits per heavy atom. The predicted octanol–water partition coefficient (Wildman–Crippen LogP) is 3.14. The minimum absolute atomic E-state index is 0.730. The molecular formula is C12H15N. The summed E-state index contributed by atoms with van der Waals surface area (Å²) >= 11 is 0. The first-order valence-electron chi connectivity index (χ1n) is 4.81. The van der Waals surface area contributed by atoms with Crippen molar-refractivity contribution in [2.75, 3.05) is 0 Å². The largest absolute Gasteiger partial charge is 0.324 e. The number of pyridine rings is 1. The van der Waals surface area contributed by atoms with Crippen LogP contribution >= 0.6 is 0 Å². The number of fused-ring (bicyclic) bond motifs is 1. The van der Waals surface area contributed by atoms with Gasteiger partial charge in [-0.1, -0.05) is 19.9 Å². The van der Waals surface area contributed by atoms with Crippen LogP contribution in [0.25, 0.3) is 5.52 Å². The lowest BCUT2D eigenvalue weighted by Crippen LogP contribution is -1.95. The molecule has 0 fully saturated rings. The van der Waals surface area contributed by atoms with Gasteiger partial charge in [-0.2, -0.15) is 0 Å². The van der Waals surface area contributed by atoms with Gasteiger partial charge < -0.3 is 4.40 Å². The zero-order valence-corrected chi connectivity index (χ0v) is 8.20. The lowest BCUT2D eigenvalue weighted by atomic mass is 10.1. The van der Waals surface area contributed by atoms with Crippen LogP contribution in [0.4, 0.5) is 0 Å². The number of rotatable bonds is 2. The number of nitrogens with zero attached hydrogens (tertiary/aromatic N) is 1. The van der Waals surface area contributed by atoms with E-state index in [0.717, 1.165) is 12.3 Å². The van der Waals surface area contributed by atoms with Gasteiger partial charge in [-0.25, -0.2) is 0 Å². The topological polar surface area (TPSA) is 4.41 Å². The van der Waals surface area contributed by atoms with E-state index in [1.165, 1.54) is 11.1 Å². The normalized spacial score (nSPS) is 11.3. The number of aromatic nitrogens is 1. The molecule has 0 aliphatic rings. The number of hydrogen-bond acceptors (Lipinski definition) is 0. The summed E-state index contributed by atoms with van der Waals surface area (Å²) in [6.45, 7) is 4.50. The zero-order chi connectivity index (χ0) is 9.26. The van der Waals surface area contributed by atoms with Crippen LogP contribution in [-0.4, -0.2) is 4.40 Å². The van der Waals surface area contributed by atoms with E-state index in [1.807, 2.05) is 0 Å². The molecule has 0 radical (unpaired) electrons. The second-order valence-corrected chi connectivity index (χ2v) is 3.98. The molecular weight excluding hydrogens is 158 g/mol. The predicted molar refractivity (Wildman–Crippen MR) is 55.9 cm³/mol. The molecule has 2 heterocycles. The molecule has 1 nitrogen and oxygen atoms in total. The first kappa shape index (κ1) is 8.36. The number of hydrogen-bond donors (Lipinski definition) is 0. The Kier molecular flexibility index (Phi) is 2.09. The highest BCUT2D eigenvalue weighted by Crippen LogP contribution is 2.11. The molecule has 0 aromatic carbocycles. The van der Waals surface area contributed by atoms with Gasteiger partial charge in [-0.05, 0) is 36.1 Å². The maximum absolute atomic E-state index is 2.25. The van der Waals surface area contributed by atoms with Crippen LogP contribution in [0, 0.1) is 5.92 Å². The Morgan fingerprint density at radius 2 is 2.08 bits per heavy atom. The van der Waals surface area contributed by atoms with Gasteiger partial charge in [-0.15, -0.1) is 0 Å². The molecule has 2 rings (SSSR count). The van der Waals surface area contributed by atoms with Crippen molar-refractivity contribution < 1.29 is 0 Å². The lowest BCUT2D eigenvalue weighted by Gasteiger charge is -2.05. The third kappa shape index (κ3) is 1.74. The van der Waals surface area contributed by atoms with E-state index in [1.54, 1.807) is 0 Å². The summed E-state index contributed by atoms with van der Waals surface area (Å²) in [6, 6.07) is 8.60. The standard InChI is InChI=1S/C12H15N/c1-10(2)8-11-5-6-12-4-3-7-13(12)9-11/h3-7,9-10H,8H2,1-2H3. The maximum Gasteiger partial charge on any atom is 0.0450 e. The minimum atomic E-state index is 0.730. The second kappa shape index (κ2) is 3.25. The van der Waals surface area contributed by atoms with Crippen LogP contribution in [0.3, 0.4) is 0 Å². The molecule has 0 amide bonds. The first-order valence-corrected chi connectivity index (χ1v) is 4.81. The van der Waals surface area contributed by atoms with E-state index in [0.29, 0.717) is 0 Å². The summed E-state index contributed by atoms with van der Waals surface area (Å²) < 4.78 is 2.18. The summed E-state index contributed by atoms with van der Waals surface area (Å²) in [5.74, 6) is 0.730. The van der Waals surface area contributed by atoms with Crippen molar-refractivity contribution in [2.24, 2.45) is 5.92 Å². The molecule has 0 spiro atoms. The van der Waals surface area contributed by atoms with Crippen molar-refractivity contribution in [1.29, 1.82) is 0 Å².